The van der Waals surface area contributed by atoms with E-state index in [-0.39, 0.29) is 17.7 Å². The molecule has 2 heterocycles. The Labute approximate surface area is 141 Å². The number of carbonyl (C=O) groups excluding carboxylic acids is 2. The number of hydrogen-bond acceptors (Lipinski definition) is 4. The van der Waals surface area contributed by atoms with Crippen LogP contribution in [-0.2, 0) is 9.59 Å². The molecule has 1 aromatic rings. The summed E-state index contributed by atoms with van der Waals surface area (Å²) in [6, 6.07) is 6.18. The van der Waals surface area contributed by atoms with Gasteiger partial charge in [-0.15, -0.1) is 11.8 Å². The SMILES string of the molecule is O=C(NCCSc1ccccn1)C1CC(=O)N(C2CCCC2)C1. The Hall–Kier alpha value is -1.56. The van der Waals surface area contributed by atoms with Crippen molar-refractivity contribution in [3.63, 3.8) is 0 Å². The standard InChI is InChI=1S/C17H23N3O2S/c21-16-11-13(12-20(16)14-5-1-2-6-14)17(22)19-9-10-23-15-7-3-4-8-18-15/h3-4,7-8,13-14H,1-2,5-6,9-12H2,(H,19,22). The molecule has 5 nitrogen and oxygen atoms in total. The van der Waals surface area contributed by atoms with Gasteiger partial charge in [0.05, 0.1) is 10.9 Å². The number of likely N-dealkylation sites (tertiary alicyclic amines) is 1. The van der Waals surface area contributed by atoms with E-state index in [0.29, 0.717) is 25.6 Å². The van der Waals surface area contributed by atoms with Crippen LogP contribution in [0, 0.1) is 5.92 Å². The smallest absolute Gasteiger partial charge is 0.225 e. The molecule has 0 aromatic carbocycles. The van der Waals surface area contributed by atoms with E-state index in [4.69, 9.17) is 0 Å². The molecule has 0 radical (unpaired) electrons. The van der Waals surface area contributed by atoms with Crippen molar-refractivity contribution in [3.05, 3.63) is 24.4 Å². The van der Waals surface area contributed by atoms with Crippen LogP contribution in [0.15, 0.2) is 29.4 Å². The van der Waals surface area contributed by atoms with Crippen LogP contribution in [-0.4, -0.2) is 46.6 Å². The number of carbonyl (C=O) groups is 2. The van der Waals surface area contributed by atoms with Crippen molar-refractivity contribution in [1.82, 2.24) is 15.2 Å². The van der Waals surface area contributed by atoms with Gasteiger partial charge >= 0.3 is 0 Å². The first-order valence-electron chi connectivity index (χ1n) is 8.35. The fourth-order valence-electron chi connectivity index (χ4n) is 3.38. The van der Waals surface area contributed by atoms with E-state index in [2.05, 4.69) is 10.3 Å². The molecule has 0 bridgehead atoms. The first-order valence-corrected chi connectivity index (χ1v) is 9.33. The summed E-state index contributed by atoms with van der Waals surface area (Å²) in [5, 5.41) is 3.92. The second-order valence-corrected chi connectivity index (χ2v) is 7.31. The van der Waals surface area contributed by atoms with Gasteiger partial charge in [-0.2, -0.15) is 0 Å². The van der Waals surface area contributed by atoms with Gasteiger partial charge in [0.25, 0.3) is 0 Å². The van der Waals surface area contributed by atoms with Crippen molar-refractivity contribution in [2.45, 2.75) is 43.2 Å². The summed E-state index contributed by atoms with van der Waals surface area (Å²) in [5.41, 5.74) is 0. The van der Waals surface area contributed by atoms with E-state index < -0.39 is 0 Å². The predicted octanol–water partition coefficient (Wildman–Crippen LogP) is 2.08. The van der Waals surface area contributed by atoms with E-state index >= 15 is 0 Å². The molecule has 23 heavy (non-hydrogen) atoms. The van der Waals surface area contributed by atoms with Gasteiger partial charge in [0.1, 0.15) is 0 Å². The second kappa shape index (κ2) is 7.81. The highest BCUT2D eigenvalue weighted by Crippen LogP contribution is 2.29. The van der Waals surface area contributed by atoms with Crippen molar-refractivity contribution < 1.29 is 9.59 Å². The van der Waals surface area contributed by atoms with Crippen LogP contribution >= 0.6 is 11.8 Å². The number of amides is 2. The van der Waals surface area contributed by atoms with Gasteiger partial charge < -0.3 is 10.2 Å². The molecule has 1 saturated heterocycles. The molecule has 1 saturated carbocycles. The zero-order chi connectivity index (χ0) is 16.1. The largest absolute Gasteiger partial charge is 0.355 e. The Morgan fingerprint density at radius 3 is 2.91 bits per heavy atom. The summed E-state index contributed by atoms with van der Waals surface area (Å²) in [4.78, 5) is 30.6. The van der Waals surface area contributed by atoms with Crippen molar-refractivity contribution >= 4 is 23.6 Å². The fourth-order valence-corrected chi connectivity index (χ4v) is 4.11. The normalized spacial score (nSPS) is 21.8. The van der Waals surface area contributed by atoms with Crippen molar-refractivity contribution in [2.75, 3.05) is 18.8 Å². The average Bonchev–Trinajstić information content (AvgIpc) is 3.21. The third kappa shape index (κ3) is 4.25. The van der Waals surface area contributed by atoms with E-state index in [1.807, 2.05) is 23.1 Å². The van der Waals surface area contributed by atoms with Crippen LogP contribution in [0.4, 0.5) is 0 Å². The summed E-state index contributed by atoms with van der Waals surface area (Å²) in [7, 11) is 0. The highest BCUT2D eigenvalue weighted by Gasteiger charge is 2.38. The van der Waals surface area contributed by atoms with Crippen molar-refractivity contribution in [1.29, 1.82) is 0 Å². The Balaban J connectivity index is 1.39. The molecule has 1 aliphatic heterocycles. The zero-order valence-electron chi connectivity index (χ0n) is 13.2. The van der Waals surface area contributed by atoms with Crippen molar-refractivity contribution in [3.8, 4) is 0 Å². The molecule has 2 fully saturated rings. The maximum atomic E-state index is 12.2. The minimum atomic E-state index is -0.178. The van der Waals surface area contributed by atoms with Crippen LogP contribution in [0.5, 0.6) is 0 Å². The van der Waals surface area contributed by atoms with Gasteiger partial charge in [-0.3, -0.25) is 9.59 Å². The van der Waals surface area contributed by atoms with E-state index in [1.54, 1.807) is 18.0 Å². The molecular formula is C17H23N3O2S. The van der Waals surface area contributed by atoms with Crippen LogP contribution < -0.4 is 5.32 Å². The molecule has 2 amide bonds. The van der Waals surface area contributed by atoms with Crippen LogP contribution in [0.3, 0.4) is 0 Å². The molecule has 1 unspecified atom stereocenters. The van der Waals surface area contributed by atoms with E-state index in [0.717, 1.165) is 23.6 Å². The van der Waals surface area contributed by atoms with Crippen LogP contribution in [0.1, 0.15) is 32.1 Å². The van der Waals surface area contributed by atoms with Gasteiger partial charge in [0, 0.05) is 37.5 Å². The molecular weight excluding hydrogens is 310 g/mol. The van der Waals surface area contributed by atoms with Gasteiger partial charge in [-0.1, -0.05) is 18.9 Å². The molecule has 124 valence electrons. The predicted molar refractivity (Wildman–Crippen MR) is 90.0 cm³/mol. The molecule has 1 N–H and O–H groups in total. The topological polar surface area (TPSA) is 62.3 Å². The molecule has 1 atom stereocenters. The fraction of sp³-hybridized carbons (Fsp3) is 0.588. The van der Waals surface area contributed by atoms with E-state index in [9.17, 15) is 9.59 Å². The van der Waals surface area contributed by atoms with Crippen LogP contribution in [0.25, 0.3) is 0 Å². The summed E-state index contributed by atoms with van der Waals surface area (Å²) < 4.78 is 0. The lowest BCUT2D eigenvalue weighted by molar-refractivity contribution is -0.130. The molecule has 0 spiro atoms. The van der Waals surface area contributed by atoms with Crippen LogP contribution in [0.2, 0.25) is 0 Å². The highest BCUT2D eigenvalue weighted by molar-refractivity contribution is 7.99. The first kappa shape index (κ1) is 16.3. The zero-order valence-corrected chi connectivity index (χ0v) is 14.1. The molecule has 2 aliphatic rings. The van der Waals surface area contributed by atoms with E-state index in [1.165, 1.54) is 12.8 Å². The number of nitrogens with zero attached hydrogens (tertiary/aromatic N) is 2. The summed E-state index contributed by atoms with van der Waals surface area (Å²) in [6.07, 6.45) is 6.74. The summed E-state index contributed by atoms with van der Waals surface area (Å²) in [6.45, 7) is 1.21. The maximum absolute atomic E-state index is 12.2. The summed E-state index contributed by atoms with van der Waals surface area (Å²) in [5.74, 6) is 0.777. The second-order valence-electron chi connectivity index (χ2n) is 6.19. The van der Waals surface area contributed by atoms with Gasteiger partial charge in [0.15, 0.2) is 0 Å². The third-order valence-electron chi connectivity index (χ3n) is 4.58. The Kier molecular flexibility index (Phi) is 5.54. The number of hydrogen-bond donors (Lipinski definition) is 1. The van der Waals surface area contributed by atoms with Gasteiger partial charge in [0.2, 0.25) is 11.8 Å². The quantitative estimate of drug-likeness (QED) is 0.639. The monoisotopic (exact) mass is 333 g/mol. The lowest BCUT2D eigenvalue weighted by Gasteiger charge is -2.23. The third-order valence-corrected chi connectivity index (χ3v) is 5.53. The number of aromatic nitrogens is 1. The lowest BCUT2D eigenvalue weighted by atomic mass is 10.1. The summed E-state index contributed by atoms with van der Waals surface area (Å²) >= 11 is 1.62. The average molecular weight is 333 g/mol. The highest BCUT2D eigenvalue weighted by atomic mass is 32.2. The Morgan fingerprint density at radius 1 is 1.35 bits per heavy atom. The molecule has 1 aliphatic carbocycles. The minimum Gasteiger partial charge on any atom is -0.355 e. The maximum Gasteiger partial charge on any atom is 0.225 e. The molecule has 6 heteroatoms. The number of thioether (sulfide) groups is 1. The number of pyridine rings is 1. The molecule has 3 rings (SSSR count). The van der Waals surface area contributed by atoms with Gasteiger partial charge in [-0.05, 0) is 25.0 Å². The molecule has 1 aromatic heterocycles. The Morgan fingerprint density at radius 2 is 2.17 bits per heavy atom. The van der Waals surface area contributed by atoms with Gasteiger partial charge in [-0.25, -0.2) is 4.98 Å². The first-order chi connectivity index (χ1) is 11.2. The number of rotatable bonds is 6. The number of nitrogens with one attached hydrogen (secondary N) is 1. The van der Waals surface area contributed by atoms with Crippen molar-refractivity contribution in [2.24, 2.45) is 5.92 Å². The minimum absolute atomic E-state index is 0.0143. The lowest BCUT2D eigenvalue weighted by Crippen LogP contribution is -2.37. The Bertz CT molecular complexity index is 546.